The molecule has 0 unspecified atom stereocenters. The van der Waals surface area contributed by atoms with Crippen LogP contribution in [-0.2, 0) is 4.74 Å². The molecule has 7 nitrogen and oxygen atoms in total. The summed E-state index contributed by atoms with van der Waals surface area (Å²) in [6.07, 6.45) is 1.82. The summed E-state index contributed by atoms with van der Waals surface area (Å²) in [6, 6.07) is 23.9. The summed E-state index contributed by atoms with van der Waals surface area (Å²) in [4.78, 5) is 20.9. The molecular weight excluding hydrogens is 494 g/mol. The molecule has 8 heteroatoms. The summed E-state index contributed by atoms with van der Waals surface area (Å²) >= 11 is 5.91. The van der Waals surface area contributed by atoms with Crippen LogP contribution in [0.5, 0.6) is 0 Å². The Morgan fingerprint density at radius 1 is 1.00 bits per heavy atom. The van der Waals surface area contributed by atoms with E-state index in [0.717, 1.165) is 39.7 Å². The highest BCUT2D eigenvalue weighted by Gasteiger charge is 2.42. The Kier molecular flexibility index (Phi) is 6.91. The molecule has 0 bridgehead atoms. The normalized spacial score (nSPS) is 16.9. The smallest absolute Gasteiger partial charge is 0.337 e. The van der Waals surface area contributed by atoms with Crippen LogP contribution < -0.4 is 15.1 Å². The maximum Gasteiger partial charge on any atom is 0.337 e. The second-order valence-corrected chi connectivity index (χ2v) is 9.99. The Balaban J connectivity index is 1.61. The van der Waals surface area contributed by atoms with Crippen molar-refractivity contribution in [2.75, 3.05) is 31.0 Å². The molecule has 0 amide bonds. The van der Waals surface area contributed by atoms with Crippen molar-refractivity contribution in [2.24, 2.45) is 0 Å². The van der Waals surface area contributed by atoms with Crippen LogP contribution in [0.25, 0.3) is 5.69 Å². The molecule has 1 N–H and O–H groups in total. The van der Waals surface area contributed by atoms with Crippen LogP contribution in [0.3, 0.4) is 0 Å². The number of thiocarbonyl (C=S) groups is 1. The van der Waals surface area contributed by atoms with Crippen molar-refractivity contribution in [2.45, 2.75) is 25.9 Å². The van der Waals surface area contributed by atoms with Gasteiger partial charge in [0.25, 0.3) is 0 Å². The van der Waals surface area contributed by atoms with Gasteiger partial charge in [-0.3, -0.25) is 4.98 Å². The van der Waals surface area contributed by atoms with Crippen LogP contribution in [0.1, 0.15) is 45.1 Å². The van der Waals surface area contributed by atoms with Crippen LogP contribution in [0.4, 0.5) is 11.4 Å². The average molecular weight is 526 g/mol. The predicted molar refractivity (Wildman–Crippen MR) is 155 cm³/mol. The number of hydrogen-bond acceptors (Lipinski definition) is 5. The van der Waals surface area contributed by atoms with E-state index in [1.54, 1.807) is 12.1 Å². The number of hydrogen-bond donors (Lipinski definition) is 1. The fourth-order valence-corrected chi connectivity index (χ4v) is 5.56. The number of anilines is 2. The van der Waals surface area contributed by atoms with E-state index in [4.69, 9.17) is 17.0 Å². The van der Waals surface area contributed by atoms with E-state index in [2.05, 4.69) is 68.8 Å². The van der Waals surface area contributed by atoms with Crippen LogP contribution >= 0.6 is 12.2 Å². The zero-order chi connectivity index (χ0) is 27.0. The first-order valence-corrected chi connectivity index (χ1v) is 12.9. The quantitative estimate of drug-likeness (QED) is 0.263. The van der Waals surface area contributed by atoms with Crippen molar-refractivity contribution in [3.8, 4) is 5.69 Å². The van der Waals surface area contributed by atoms with Crippen molar-refractivity contribution in [3.05, 3.63) is 107 Å². The average Bonchev–Trinajstić information content (AvgIpc) is 3.43. The largest absolute Gasteiger partial charge is 0.465 e. The van der Waals surface area contributed by atoms with Gasteiger partial charge in [-0.1, -0.05) is 6.07 Å². The third kappa shape index (κ3) is 4.52. The Bertz CT molecular complexity index is 1460. The van der Waals surface area contributed by atoms with Crippen molar-refractivity contribution >= 4 is 34.7 Å². The Morgan fingerprint density at radius 3 is 2.29 bits per heavy atom. The van der Waals surface area contributed by atoms with Gasteiger partial charge >= 0.3 is 5.97 Å². The van der Waals surface area contributed by atoms with Gasteiger partial charge in [0.05, 0.1) is 30.5 Å². The van der Waals surface area contributed by atoms with Crippen LogP contribution in [-0.4, -0.2) is 41.8 Å². The van der Waals surface area contributed by atoms with Crippen molar-refractivity contribution in [3.63, 3.8) is 0 Å². The lowest BCUT2D eigenvalue weighted by molar-refractivity contribution is 0.0600. The van der Waals surface area contributed by atoms with E-state index in [1.807, 2.05) is 50.6 Å². The summed E-state index contributed by atoms with van der Waals surface area (Å²) in [5.74, 6) is -0.349. The SMILES string of the molecule is COC(=O)c1ccc(-n2c(C)cc([C@@H]3[C@H](c4ccccn4)NC(=S)N3c3ccc(N(C)C)cc3)c2C)cc1. The monoisotopic (exact) mass is 525 g/mol. The highest BCUT2D eigenvalue weighted by molar-refractivity contribution is 7.80. The van der Waals surface area contributed by atoms with E-state index in [-0.39, 0.29) is 18.1 Å². The molecule has 0 saturated carbocycles. The topological polar surface area (TPSA) is 62.6 Å². The number of carbonyl (C=O) groups is 1. The molecule has 2 aromatic heterocycles. The third-order valence-corrected chi connectivity index (χ3v) is 7.39. The lowest BCUT2D eigenvalue weighted by Gasteiger charge is -2.28. The van der Waals surface area contributed by atoms with Gasteiger partial charge in [-0.15, -0.1) is 0 Å². The van der Waals surface area contributed by atoms with Crippen molar-refractivity contribution in [1.82, 2.24) is 14.9 Å². The molecule has 1 aliphatic rings. The molecule has 5 rings (SSSR count). The Labute approximate surface area is 228 Å². The lowest BCUT2D eigenvalue weighted by atomic mass is 9.96. The number of nitrogens with zero attached hydrogens (tertiary/aromatic N) is 4. The predicted octanol–water partition coefficient (Wildman–Crippen LogP) is 5.52. The maximum atomic E-state index is 11.9. The standard InChI is InChI=1S/C30H31N5O2S/c1-19-18-25(20(2)34(19)23-11-9-21(10-12-23)29(36)37-5)28-27(26-8-6-7-17-31-26)32-30(38)35(28)24-15-13-22(14-16-24)33(3)4/h6-18,27-28H,1-5H3,(H,32,38)/t27-,28+/m0/s1. The molecule has 2 atom stereocenters. The second-order valence-electron chi connectivity index (χ2n) is 9.61. The number of aryl methyl sites for hydroxylation is 1. The molecule has 0 aliphatic carbocycles. The number of methoxy groups -OCH3 is 1. The number of rotatable bonds is 6. The number of benzene rings is 2. The first kappa shape index (κ1) is 25.5. The maximum absolute atomic E-state index is 11.9. The van der Waals surface area contributed by atoms with Gasteiger partial charge in [0.15, 0.2) is 5.11 Å². The lowest BCUT2D eigenvalue weighted by Crippen LogP contribution is -2.29. The van der Waals surface area contributed by atoms with Gasteiger partial charge < -0.3 is 24.4 Å². The van der Waals surface area contributed by atoms with Crippen LogP contribution in [0, 0.1) is 13.8 Å². The molecule has 38 heavy (non-hydrogen) atoms. The summed E-state index contributed by atoms with van der Waals surface area (Å²) in [5, 5.41) is 4.21. The summed E-state index contributed by atoms with van der Waals surface area (Å²) < 4.78 is 7.07. The highest BCUT2D eigenvalue weighted by atomic mass is 32.1. The second kappa shape index (κ2) is 10.3. The molecule has 194 valence electrons. The fraction of sp³-hybridized carbons (Fsp3) is 0.233. The first-order chi connectivity index (χ1) is 18.3. The van der Waals surface area contributed by atoms with E-state index >= 15 is 0 Å². The zero-order valence-electron chi connectivity index (χ0n) is 22.2. The summed E-state index contributed by atoms with van der Waals surface area (Å²) in [7, 11) is 5.45. The minimum absolute atomic E-state index is 0.114. The van der Waals surface area contributed by atoms with Gasteiger partial charge in [-0.05, 0) is 98.4 Å². The molecule has 1 fully saturated rings. The molecule has 1 aliphatic heterocycles. The van der Waals surface area contributed by atoms with Gasteiger partial charge in [0.2, 0.25) is 0 Å². The number of pyridine rings is 1. The van der Waals surface area contributed by atoms with E-state index in [1.165, 1.54) is 7.11 Å². The molecule has 0 radical (unpaired) electrons. The van der Waals surface area contributed by atoms with E-state index in [9.17, 15) is 4.79 Å². The molecular formula is C30H31N5O2S. The van der Waals surface area contributed by atoms with Crippen molar-refractivity contribution < 1.29 is 9.53 Å². The molecule has 1 saturated heterocycles. The van der Waals surface area contributed by atoms with Gasteiger partial charge in [0.1, 0.15) is 0 Å². The Morgan fingerprint density at radius 2 is 1.68 bits per heavy atom. The number of nitrogens with one attached hydrogen (secondary N) is 1. The fourth-order valence-electron chi connectivity index (χ4n) is 5.21. The molecule has 4 aromatic rings. The van der Waals surface area contributed by atoms with Crippen molar-refractivity contribution in [1.29, 1.82) is 0 Å². The van der Waals surface area contributed by atoms with Crippen LogP contribution in [0.15, 0.2) is 79.0 Å². The number of carbonyl (C=O) groups excluding carboxylic acids is 1. The van der Waals surface area contributed by atoms with E-state index < -0.39 is 0 Å². The number of ether oxygens (including phenoxy) is 1. The number of aromatic nitrogens is 2. The minimum Gasteiger partial charge on any atom is -0.465 e. The highest BCUT2D eigenvalue weighted by Crippen LogP contribution is 2.44. The molecule has 3 heterocycles. The van der Waals surface area contributed by atoms with E-state index in [0.29, 0.717) is 10.7 Å². The van der Waals surface area contributed by atoms with Gasteiger partial charge in [0, 0.05) is 48.7 Å². The number of esters is 1. The first-order valence-electron chi connectivity index (χ1n) is 12.5. The summed E-state index contributed by atoms with van der Waals surface area (Å²) in [5.41, 5.74) is 7.90. The molecule has 0 spiro atoms. The zero-order valence-corrected chi connectivity index (χ0v) is 23.0. The van der Waals surface area contributed by atoms with Crippen LogP contribution in [0.2, 0.25) is 0 Å². The third-order valence-electron chi connectivity index (χ3n) is 7.08. The van der Waals surface area contributed by atoms with Gasteiger partial charge in [-0.25, -0.2) is 4.79 Å². The molecule has 2 aromatic carbocycles. The Hall–Kier alpha value is -4.17. The summed E-state index contributed by atoms with van der Waals surface area (Å²) in [6.45, 7) is 4.22. The minimum atomic E-state index is -0.349. The van der Waals surface area contributed by atoms with Gasteiger partial charge in [-0.2, -0.15) is 0 Å².